The number of benzene rings is 1. The molecule has 2 aromatic heterocycles. The van der Waals surface area contributed by atoms with Crippen LogP contribution in [0.15, 0.2) is 23.2 Å². The topological polar surface area (TPSA) is 34.4 Å². The lowest BCUT2D eigenvalue weighted by Gasteiger charge is -2.01. The number of thiazole rings is 1. The summed E-state index contributed by atoms with van der Waals surface area (Å²) in [6, 6.07) is 3.32. The summed E-state index contributed by atoms with van der Waals surface area (Å²) in [7, 11) is 0. The van der Waals surface area contributed by atoms with Gasteiger partial charge in [0.15, 0.2) is 10.6 Å². The second-order valence-corrected chi connectivity index (χ2v) is 7.86. The first-order chi connectivity index (χ1) is 11.4. The summed E-state index contributed by atoms with van der Waals surface area (Å²) in [6.07, 6.45) is 5.30. The third-order valence-electron chi connectivity index (χ3n) is 3.03. The van der Waals surface area contributed by atoms with Crippen LogP contribution in [-0.2, 0) is 6.54 Å². The molecule has 0 atom stereocenters. The number of rotatable bonds is 2. The molecule has 3 nitrogen and oxygen atoms in total. The molecule has 0 bridgehead atoms. The number of hydrogen-bond donors (Lipinski definition) is 0. The summed E-state index contributed by atoms with van der Waals surface area (Å²) in [5.74, 6) is 0.230. The van der Waals surface area contributed by atoms with Gasteiger partial charge in [0, 0.05) is 6.07 Å². The second kappa shape index (κ2) is 6.65. The zero-order valence-corrected chi connectivity index (χ0v) is 14.8. The number of amides is 1. The maximum atomic E-state index is 14.1. The molecule has 0 radical (unpaired) electrons. The summed E-state index contributed by atoms with van der Waals surface area (Å²) in [4.78, 5) is 16.4. The summed E-state index contributed by atoms with van der Waals surface area (Å²) in [6.45, 7) is -0.0210. The van der Waals surface area contributed by atoms with Crippen molar-refractivity contribution in [2.75, 3.05) is 0 Å². The van der Waals surface area contributed by atoms with E-state index in [9.17, 15) is 13.6 Å². The van der Waals surface area contributed by atoms with E-state index in [0.717, 1.165) is 34.8 Å². The van der Waals surface area contributed by atoms with Gasteiger partial charge in [-0.25, -0.2) is 8.78 Å². The van der Waals surface area contributed by atoms with Gasteiger partial charge in [-0.1, -0.05) is 40.5 Å². The minimum absolute atomic E-state index is 0.0210. The number of fused-ring (bicyclic) bond motifs is 1. The smallest absolute Gasteiger partial charge is 0.282 e. The van der Waals surface area contributed by atoms with Crippen LogP contribution in [0.3, 0.4) is 0 Å². The zero-order valence-electron chi connectivity index (χ0n) is 11.6. The Bertz CT molecular complexity index is 1080. The molecule has 0 saturated carbocycles. The van der Waals surface area contributed by atoms with Crippen LogP contribution in [0.2, 0.25) is 8.67 Å². The lowest BCUT2D eigenvalue weighted by atomic mass is 10.3. The third-order valence-corrected chi connectivity index (χ3v) is 5.54. The normalized spacial score (nSPS) is 11.9. The average Bonchev–Trinajstić information content (AvgIpc) is 2.99. The van der Waals surface area contributed by atoms with Crippen LogP contribution in [0.4, 0.5) is 8.78 Å². The Kier molecular flexibility index (Phi) is 4.74. The Morgan fingerprint density at radius 1 is 1.29 bits per heavy atom. The monoisotopic (exact) mass is 402 g/mol. The Balaban J connectivity index is 2.23. The van der Waals surface area contributed by atoms with Gasteiger partial charge < -0.3 is 4.57 Å². The predicted octanol–water partition coefficient (Wildman–Crippen LogP) is 4.72. The highest BCUT2D eigenvalue weighted by Crippen LogP contribution is 2.31. The van der Waals surface area contributed by atoms with Crippen molar-refractivity contribution in [2.45, 2.75) is 6.54 Å². The van der Waals surface area contributed by atoms with Gasteiger partial charge in [-0.3, -0.25) is 4.79 Å². The minimum atomic E-state index is -0.776. The molecule has 1 aromatic carbocycles. The zero-order chi connectivity index (χ0) is 17.4. The van der Waals surface area contributed by atoms with Crippen molar-refractivity contribution < 1.29 is 13.6 Å². The molecule has 0 aliphatic carbocycles. The first-order valence-corrected chi connectivity index (χ1v) is 8.75. The van der Waals surface area contributed by atoms with E-state index in [-0.39, 0.29) is 26.8 Å². The Hall–Kier alpha value is -1.72. The summed E-state index contributed by atoms with van der Waals surface area (Å²) in [5, 5.41) is 0. The van der Waals surface area contributed by atoms with Crippen molar-refractivity contribution in [3.8, 4) is 12.3 Å². The van der Waals surface area contributed by atoms with Crippen LogP contribution in [0.5, 0.6) is 0 Å². The molecule has 24 heavy (non-hydrogen) atoms. The van der Waals surface area contributed by atoms with Gasteiger partial charge in [-0.2, -0.15) is 4.99 Å². The fraction of sp³-hybridized carbons (Fsp3) is 0.0667. The van der Waals surface area contributed by atoms with Crippen molar-refractivity contribution >= 4 is 62.0 Å². The fourth-order valence-corrected chi connectivity index (χ4v) is 4.60. The quantitative estimate of drug-likeness (QED) is 0.570. The van der Waals surface area contributed by atoms with Gasteiger partial charge in [0.05, 0.1) is 26.7 Å². The van der Waals surface area contributed by atoms with Gasteiger partial charge >= 0.3 is 0 Å². The Labute approximate surface area is 152 Å². The fourth-order valence-electron chi connectivity index (χ4n) is 2.09. The number of carbonyl (C=O) groups excluding carboxylic acids is 1. The van der Waals surface area contributed by atoms with Crippen molar-refractivity contribution in [2.24, 2.45) is 4.99 Å². The molecule has 0 unspecified atom stereocenters. The molecule has 0 N–H and O–H groups in total. The van der Waals surface area contributed by atoms with Crippen molar-refractivity contribution in [1.82, 2.24) is 4.57 Å². The highest BCUT2D eigenvalue weighted by molar-refractivity contribution is 7.20. The SMILES string of the molecule is C#CCn1c(=NC(=O)c2cc(Cl)sc2Cl)sc2cc(F)cc(F)c21. The molecule has 9 heteroatoms. The molecular formula is C15H6Cl2F2N2OS2. The molecule has 0 saturated heterocycles. The van der Waals surface area contributed by atoms with Crippen LogP contribution in [0.25, 0.3) is 10.2 Å². The van der Waals surface area contributed by atoms with Gasteiger partial charge in [0.2, 0.25) is 0 Å². The van der Waals surface area contributed by atoms with E-state index in [0.29, 0.717) is 9.04 Å². The number of thiophene rings is 1. The Morgan fingerprint density at radius 3 is 2.67 bits per heavy atom. The number of hydrogen-bond acceptors (Lipinski definition) is 3. The number of halogens is 4. The van der Waals surface area contributed by atoms with Crippen LogP contribution >= 0.6 is 45.9 Å². The average molecular weight is 403 g/mol. The number of carbonyl (C=O) groups is 1. The molecule has 1 amide bonds. The lowest BCUT2D eigenvalue weighted by molar-refractivity contribution is 0.0998. The Morgan fingerprint density at radius 2 is 2.04 bits per heavy atom. The maximum Gasteiger partial charge on any atom is 0.282 e. The van der Waals surface area contributed by atoms with E-state index in [1.807, 2.05) is 0 Å². The standard InChI is InChI=1S/C15H6Cl2F2N2OS2/c1-2-3-21-12-9(19)4-7(18)5-10(12)23-15(21)20-14(22)8-6-11(16)24-13(8)17/h1,4-6H,3H2. The molecule has 0 fully saturated rings. The van der Waals surface area contributed by atoms with E-state index in [4.69, 9.17) is 29.6 Å². The summed E-state index contributed by atoms with van der Waals surface area (Å²) >= 11 is 13.7. The van der Waals surface area contributed by atoms with Crippen LogP contribution in [0, 0.1) is 24.0 Å². The van der Waals surface area contributed by atoms with E-state index < -0.39 is 17.5 Å². The number of terminal acetylenes is 1. The highest BCUT2D eigenvalue weighted by Gasteiger charge is 2.16. The van der Waals surface area contributed by atoms with E-state index >= 15 is 0 Å². The predicted molar refractivity (Wildman–Crippen MR) is 92.8 cm³/mol. The van der Waals surface area contributed by atoms with E-state index in [2.05, 4.69) is 10.9 Å². The van der Waals surface area contributed by atoms with Crippen LogP contribution in [0.1, 0.15) is 10.4 Å². The maximum absolute atomic E-state index is 14.1. The van der Waals surface area contributed by atoms with Crippen LogP contribution in [-0.4, -0.2) is 10.5 Å². The van der Waals surface area contributed by atoms with Crippen molar-refractivity contribution in [3.05, 3.63) is 48.9 Å². The van der Waals surface area contributed by atoms with Gasteiger partial charge in [-0.05, 0) is 12.1 Å². The highest BCUT2D eigenvalue weighted by atomic mass is 35.5. The number of nitrogens with zero attached hydrogens (tertiary/aromatic N) is 2. The van der Waals surface area contributed by atoms with E-state index in [1.165, 1.54) is 10.6 Å². The first-order valence-electron chi connectivity index (χ1n) is 6.36. The van der Waals surface area contributed by atoms with Gasteiger partial charge in [-0.15, -0.1) is 17.8 Å². The van der Waals surface area contributed by atoms with E-state index in [1.54, 1.807) is 0 Å². The van der Waals surface area contributed by atoms with Gasteiger partial charge in [0.1, 0.15) is 10.2 Å². The van der Waals surface area contributed by atoms with Gasteiger partial charge in [0.25, 0.3) is 5.91 Å². The third kappa shape index (κ3) is 3.10. The molecule has 0 aliphatic rings. The number of aromatic nitrogens is 1. The lowest BCUT2D eigenvalue weighted by Crippen LogP contribution is -2.17. The molecule has 2 heterocycles. The van der Waals surface area contributed by atoms with Crippen LogP contribution < -0.4 is 4.80 Å². The molecular weight excluding hydrogens is 397 g/mol. The second-order valence-electron chi connectivity index (χ2n) is 4.56. The molecule has 3 rings (SSSR count). The molecule has 0 aliphatic heterocycles. The largest absolute Gasteiger partial charge is 0.302 e. The molecule has 122 valence electrons. The summed E-state index contributed by atoms with van der Waals surface area (Å²) in [5.41, 5.74) is 0.239. The molecule has 0 spiro atoms. The summed E-state index contributed by atoms with van der Waals surface area (Å²) < 4.78 is 29.7. The first kappa shape index (κ1) is 17.1. The minimum Gasteiger partial charge on any atom is -0.302 e. The molecule has 3 aromatic rings. The van der Waals surface area contributed by atoms with Crippen molar-refractivity contribution in [3.63, 3.8) is 0 Å². The van der Waals surface area contributed by atoms with Crippen molar-refractivity contribution in [1.29, 1.82) is 0 Å².